The van der Waals surface area contributed by atoms with E-state index in [1.54, 1.807) is 5.19 Å². The van der Waals surface area contributed by atoms with Gasteiger partial charge in [0, 0.05) is 9.04 Å². The molecular formula is C10H14Si3. The molecule has 2 rings (SSSR count). The third kappa shape index (κ3) is 1.99. The van der Waals surface area contributed by atoms with Crippen LogP contribution in [0, 0.1) is 0 Å². The number of hydrogen-bond acceptors (Lipinski definition) is 0. The van der Waals surface area contributed by atoms with Crippen LogP contribution in [-0.2, 0) is 0 Å². The van der Waals surface area contributed by atoms with Crippen molar-refractivity contribution >= 4 is 43.3 Å². The van der Waals surface area contributed by atoms with Crippen LogP contribution in [0.4, 0.5) is 0 Å². The second kappa shape index (κ2) is 4.04. The topological polar surface area (TPSA) is 0 Å². The highest BCUT2D eigenvalue weighted by molar-refractivity contribution is 7.27. The second-order valence-corrected chi connectivity index (χ2v) is 19.2. The van der Waals surface area contributed by atoms with Gasteiger partial charge in [-0.15, -0.1) is 0 Å². The fraction of sp³-hybridized carbons (Fsp3) is 0. The molecule has 0 aliphatic rings. The van der Waals surface area contributed by atoms with Gasteiger partial charge >= 0.3 is 0 Å². The summed E-state index contributed by atoms with van der Waals surface area (Å²) in [6.07, 6.45) is 0. The average Bonchev–Trinajstić information content (AvgIpc) is 2.18. The van der Waals surface area contributed by atoms with Crippen LogP contribution in [0.15, 0.2) is 42.5 Å². The molecule has 0 heterocycles. The molecule has 0 radical (unpaired) electrons. The van der Waals surface area contributed by atoms with Gasteiger partial charge in [0.1, 0.15) is 0 Å². The van der Waals surface area contributed by atoms with E-state index >= 15 is 0 Å². The minimum Gasteiger partial charge on any atom is -0.0698 e. The van der Waals surface area contributed by atoms with Crippen LogP contribution >= 0.6 is 0 Å². The zero-order chi connectivity index (χ0) is 9.10. The van der Waals surface area contributed by atoms with E-state index in [-0.39, 0.29) is 9.04 Å². The third-order valence-electron chi connectivity index (χ3n) is 2.35. The van der Waals surface area contributed by atoms with Gasteiger partial charge in [-0.1, -0.05) is 47.7 Å². The van der Waals surface area contributed by atoms with Gasteiger partial charge in [-0.05, 0) is 29.1 Å². The Morgan fingerprint density at radius 3 is 2.46 bits per heavy atom. The fourth-order valence-corrected chi connectivity index (χ4v) is 10.8. The zero-order valence-electron chi connectivity index (χ0n) is 7.96. The highest BCUT2D eigenvalue weighted by Gasteiger charge is 1.94. The Morgan fingerprint density at radius 1 is 0.923 bits per heavy atom. The molecule has 2 aromatic rings. The van der Waals surface area contributed by atoms with Crippen LogP contribution < -0.4 is 5.19 Å². The van der Waals surface area contributed by atoms with E-state index in [4.69, 9.17) is 0 Å². The molecule has 0 saturated heterocycles. The predicted molar refractivity (Wildman–Crippen MR) is 70.6 cm³/mol. The summed E-state index contributed by atoms with van der Waals surface area (Å²) in [6.45, 7) is 0. The number of rotatable bonds is 2. The van der Waals surface area contributed by atoms with Gasteiger partial charge in [0.2, 0.25) is 0 Å². The van der Waals surface area contributed by atoms with E-state index < -0.39 is 0 Å². The highest BCUT2D eigenvalue weighted by Crippen LogP contribution is 2.10. The molecule has 0 aromatic heterocycles. The Kier molecular flexibility index (Phi) is 2.77. The Balaban J connectivity index is 2.49. The van der Waals surface area contributed by atoms with Crippen molar-refractivity contribution in [2.24, 2.45) is 0 Å². The van der Waals surface area contributed by atoms with Crippen molar-refractivity contribution in [2.75, 3.05) is 0 Å². The molecule has 2 aromatic carbocycles. The van der Waals surface area contributed by atoms with Crippen LogP contribution in [0.1, 0.15) is 0 Å². The first-order chi connectivity index (χ1) is 6.40. The summed E-state index contributed by atoms with van der Waals surface area (Å²) in [4.78, 5) is 0. The van der Waals surface area contributed by atoms with Gasteiger partial charge in [-0.2, -0.15) is 0 Å². The summed E-state index contributed by atoms with van der Waals surface area (Å²) in [5.74, 6) is 0. The van der Waals surface area contributed by atoms with Gasteiger partial charge in [0.25, 0.3) is 0 Å². The monoisotopic (exact) mass is 218 g/mol. The van der Waals surface area contributed by atoms with Crippen LogP contribution in [0.5, 0.6) is 0 Å². The molecule has 0 fully saturated rings. The lowest BCUT2D eigenvalue weighted by Gasteiger charge is -2.00. The molecule has 3 heteroatoms. The largest absolute Gasteiger partial charge is 0.0698 e. The Hall–Kier alpha value is -0.649. The van der Waals surface area contributed by atoms with E-state index in [0.29, 0.717) is 8.55 Å². The third-order valence-corrected chi connectivity index (χ3v) is 11.6. The Labute approximate surface area is 86.0 Å². The van der Waals surface area contributed by atoms with Crippen LogP contribution in [0.3, 0.4) is 0 Å². The molecular weight excluding hydrogens is 204 g/mol. The molecule has 66 valence electrons. The van der Waals surface area contributed by atoms with E-state index in [0.717, 1.165) is 0 Å². The molecule has 0 amide bonds. The summed E-state index contributed by atoms with van der Waals surface area (Å²) < 4.78 is 0. The van der Waals surface area contributed by atoms with Crippen molar-refractivity contribution in [1.29, 1.82) is 0 Å². The van der Waals surface area contributed by atoms with Gasteiger partial charge in [-0.3, -0.25) is 0 Å². The van der Waals surface area contributed by atoms with Crippen molar-refractivity contribution in [1.82, 2.24) is 0 Å². The number of benzene rings is 2. The summed E-state index contributed by atoms with van der Waals surface area (Å²) in [7, 11) is 2.14. The first-order valence-electron chi connectivity index (χ1n) is 4.88. The zero-order valence-corrected chi connectivity index (χ0v) is 12.8. The molecule has 0 N–H and O–H groups in total. The lowest BCUT2D eigenvalue weighted by atomic mass is 10.1. The highest BCUT2D eigenvalue weighted by atomic mass is 29.5. The first-order valence-corrected chi connectivity index (χ1v) is 15.2. The van der Waals surface area contributed by atoms with Gasteiger partial charge in [0.15, 0.2) is 0 Å². The minimum absolute atomic E-state index is 0.211. The predicted octanol–water partition coefficient (Wildman–Crippen LogP) is -1.00. The van der Waals surface area contributed by atoms with E-state index in [9.17, 15) is 0 Å². The van der Waals surface area contributed by atoms with Crippen LogP contribution in [-0.4, -0.2) is 27.4 Å². The number of hydrogen-bond donors (Lipinski definition) is 0. The van der Waals surface area contributed by atoms with Crippen molar-refractivity contribution < 1.29 is 0 Å². The SMILES string of the molecule is [SiH3][SiH2][SiH2]c1ccc2ccccc2c1. The van der Waals surface area contributed by atoms with Gasteiger partial charge in [0.05, 0.1) is 0 Å². The van der Waals surface area contributed by atoms with E-state index in [1.165, 1.54) is 20.5 Å². The summed E-state index contributed by atoms with van der Waals surface area (Å²) >= 11 is 0. The average molecular weight is 218 g/mol. The van der Waals surface area contributed by atoms with Crippen molar-refractivity contribution in [3.05, 3.63) is 42.5 Å². The molecule has 0 saturated carbocycles. The molecule has 0 unspecified atom stereocenters. The lowest BCUT2D eigenvalue weighted by Crippen LogP contribution is -2.20. The van der Waals surface area contributed by atoms with Gasteiger partial charge < -0.3 is 0 Å². The Bertz CT molecular complexity index is 412. The quantitative estimate of drug-likeness (QED) is 0.567. The normalized spacial score (nSPS) is 12.6. The van der Waals surface area contributed by atoms with Crippen molar-refractivity contribution in [2.45, 2.75) is 0 Å². The molecule has 0 bridgehead atoms. The molecule has 0 atom stereocenters. The fourth-order valence-electron chi connectivity index (χ4n) is 1.68. The maximum absolute atomic E-state index is 2.41. The van der Waals surface area contributed by atoms with Crippen LogP contribution in [0.2, 0.25) is 0 Å². The molecule has 13 heavy (non-hydrogen) atoms. The lowest BCUT2D eigenvalue weighted by molar-refractivity contribution is 1.78. The standard InChI is InChI=1S/C10H14Si3/c11-13-12-10-6-5-8-3-1-2-4-9(8)7-10/h1-7H,12-13H2,11H3. The smallest absolute Gasteiger partial charge is 0.0389 e. The second-order valence-electron chi connectivity index (χ2n) is 3.43. The first kappa shape index (κ1) is 8.93. The summed E-state index contributed by atoms with van der Waals surface area (Å²) in [6, 6.07) is 15.7. The maximum Gasteiger partial charge on any atom is 0.0389 e. The van der Waals surface area contributed by atoms with Crippen molar-refractivity contribution in [3.63, 3.8) is 0 Å². The van der Waals surface area contributed by atoms with Crippen LogP contribution in [0.25, 0.3) is 10.8 Å². The Morgan fingerprint density at radius 2 is 1.69 bits per heavy atom. The minimum atomic E-state index is 0.211. The summed E-state index contributed by atoms with van der Waals surface area (Å²) in [5, 5.41) is 4.49. The number of fused-ring (bicyclic) bond motifs is 1. The summed E-state index contributed by atoms with van der Waals surface area (Å²) in [5.41, 5.74) is 0. The van der Waals surface area contributed by atoms with E-state index in [2.05, 4.69) is 42.5 Å². The molecule has 0 spiro atoms. The van der Waals surface area contributed by atoms with E-state index in [1.807, 2.05) is 0 Å². The van der Waals surface area contributed by atoms with Gasteiger partial charge in [-0.25, -0.2) is 0 Å². The maximum atomic E-state index is 2.41. The van der Waals surface area contributed by atoms with Crippen molar-refractivity contribution in [3.8, 4) is 0 Å². The molecule has 0 aliphatic carbocycles. The molecule has 0 aliphatic heterocycles. The molecule has 0 nitrogen and oxygen atoms in total.